The number of ether oxygens (including phenoxy) is 4. The van der Waals surface area contributed by atoms with Crippen LogP contribution in [0.2, 0.25) is 0 Å². The molecule has 43 heavy (non-hydrogen) atoms. The molecule has 4 aromatic carbocycles. The van der Waals surface area contributed by atoms with E-state index in [9.17, 15) is 14.4 Å². The van der Waals surface area contributed by atoms with Crippen molar-refractivity contribution in [2.75, 3.05) is 25.2 Å². The Morgan fingerprint density at radius 2 is 1.60 bits per heavy atom. The Bertz CT molecular complexity index is 1750. The summed E-state index contributed by atoms with van der Waals surface area (Å²) in [6, 6.07) is 21.4. The molecule has 0 spiro atoms. The van der Waals surface area contributed by atoms with Crippen LogP contribution in [0.3, 0.4) is 0 Å². The number of nitrogens with one attached hydrogen (secondary N) is 1. The molecular formula is C33H29BrN2O7. The Morgan fingerprint density at radius 3 is 2.37 bits per heavy atom. The van der Waals surface area contributed by atoms with Gasteiger partial charge in [-0.25, -0.2) is 9.69 Å². The number of benzene rings is 4. The van der Waals surface area contributed by atoms with Crippen LogP contribution >= 0.6 is 15.9 Å². The number of rotatable bonds is 10. The molecule has 4 aromatic rings. The maximum absolute atomic E-state index is 13.7. The summed E-state index contributed by atoms with van der Waals surface area (Å²) in [5.41, 5.74) is 1.38. The molecule has 9 nitrogen and oxygen atoms in total. The highest BCUT2D eigenvalue weighted by atomic mass is 79.9. The molecule has 1 fully saturated rings. The van der Waals surface area contributed by atoms with Crippen LogP contribution in [-0.4, -0.2) is 38.2 Å². The van der Waals surface area contributed by atoms with Crippen molar-refractivity contribution in [3.63, 3.8) is 0 Å². The van der Waals surface area contributed by atoms with Crippen LogP contribution in [0.25, 0.3) is 16.8 Å². The van der Waals surface area contributed by atoms with Gasteiger partial charge in [0.1, 0.15) is 23.7 Å². The first-order valence-electron chi connectivity index (χ1n) is 13.6. The lowest BCUT2D eigenvalue weighted by molar-refractivity contribution is -0.122. The van der Waals surface area contributed by atoms with Crippen LogP contribution in [0.5, 0.6) is 23.0 Å². The molecule has 1 heterocycles. The number of barbiturate groups is 1. The van der Waals surface area contributed by atoms with E-state index in [-0.39, 0.29) is 11.3 Å². The number of nitrogens with zero attached hydrogens (tertiary/aromatic N) is 1. The zero-order chi connectivity index (χ0) is 30.5. The first kappa shape index (κ1) is 29.7. The Labute approximate surface area is 257 Å². The van der Waals surface area contributed by atoms with E-state index in [2.05, 4.69) is 21.2 Å². The SMILES string of the molecule is CCOc1ccc(OCC)c(N2C(=O)NC(=O)/C(=C\c3cc(OC)c(OCc4cccc5ccccc45)cc3Br)C2=O)c1. The van der Waals surface area contributed by atoms with Crippen LogP contribution in [0.15, 0.2) is 82.8 Å². The van der Waals surface area contributed by atoms with Crippen LogP contribution in [0.4, 0.5) is 10.5 Å². The summed E-state index contributed by atoms with van der Waals surface area (Å²) in [5, 5.41) is 4.45. The molecule has 220 valence electrons. The number of anilines is 1. The Kier molecular flexibility index (Phi) is 8.96. The molecule has 0 radical (unpaired) electrons. The molecule has 1 N–H and O–H groups in total. The van der Waals surface area contributed by atoms with Crippen molar-refractivity contribution < 1.29 is 33.3 Å². The van der Waals surface area contributed by atoms with Crippen molar-refractivity contribution >= 4 is 56.3 Å². The van der Waals surface area contributed by atoms with E-state index in [0.717, 1.165) is 21.2 Å². The molecule has 1 aliphatic rings. The summed E-state index contributed by atoms with van der Waals surface area (Å²) < 4.78 is 23.5. The second kappa shape index (κ2) is 13.0. The van der Waals surface area contributed by atoms with Gasteiger partial charge in [0.05, 0.1) is 26.0 Å². The van der Waals surface area contributed by atoms with Gasteiger partial charge in [-0.1, -0.05) is 58.4 Å². The minimum absolute atomic E-state index is 0.155. The van der Waals surface area contributed by atoms with Crippen molar-refractivity contribution in [3.8, 4) is 23.0 Å². The van der Waals surface area contributed by atoms with Crippen LogP contribution in [0.1, 0.15) is 25.0 Å². The fourth-order valence-corrected chi connectivity index (χ4v) is 5.18. The predicted octanol–water partition coefficient (Wildman–Crippen LogP) is 6.65. The molecule has 0 aliphatic carbocycles. The van der Waals surface area contributed by atoms with Crippen molar-refractivity contribution in [2.45, 2.75) is 20.5 Å². The number of carbonyl (C=O) groups excluding carboxylic acids is 3. The molecule has 1 aliphatic heterocycles. The zero-order valence-corrected chi connectivity index (χ0v) is 25.4. The van der Waals surface area contributed by atoms with Crippen molar-refractivity contribution in [1.29, 1.82) is 0 Å². The van der Waals surface area contributed by atoms with Gasteiger partial charge in [0.25, 0.3) is 11.8 Å². The first-order valence-corrected chi connectivity index (χ1v) is 14.4. The number of halogens is 1. The molecule has 10 heteroatoms. The number of carbonyl (C=O) groups is 3. The Morgan fingerprint density at radius 1 is 0.837 bits per heavy atom. The fourth-order valence-electron chi connectivity index (χ4n) is 4.75. The Balaban J connectivity index is 1.47. The van der Waals surface area contributed by atoms with Gasteiger partial charge in [-0.05, 0) is 66.1 Å². The lowest BCUT2D eigenvalue weighted by Crippen LogP contribution is -2.54. The number of imide groups is 2. The summed E-state index contributed by atoms with van der Waals surface area (Å²) in [6.45, 7) is 4.59. The average Bonchev–Trinajstić information content (AvgIpc) is 3.00. The third-order valence-electron chi connectivity index (χ3n) is 6.73. The fraction of sp³-hybridized carbons (Fsp3) is 0.182. The number of urea groups is 1. The largest absolute Gasteiger partial charge is 0.494 e. The smallest absolute Gasteiger partial charge is 0.336 e. The quantitative estimate of drug-likeness (QED) is 0.152. The molecule has 0 atom stereocenters. The maximum Gasteiger partial charge on any atom is 0.336 e. The third kappa shape index (κ3) is 6.19. The predicted molar refractivity (Wildman–Crippen MR) is 167 cm³/mol. The minimum Gasteiger partial charge on any atom is -0.494 e. The molecule has 0 unspecified atom stereocenters. The molecule has 0 saturated carbocycles. The van der Waals surface area contributed by atoms with Gasteiger partial charge in [-0.2, -0.15) is 0 Å². The molecule has 5 rings (SSSR count). The van der Waals surface area contributed by atoms with Gasteiger partial charge in [0.2, 0.25) is 0 Å². The zero-order valence-electron chi connectivity index (χ0n) is 23.8. The lowest BCUT2D eigenvalue weighted by Gasteiger charge is -2.28. The lowest BCUT2D eigenvalue weighted by atomic mass is 10.1. The first-order chi connectivity index (χ1) is 20.8. The van der Waals surface area contributed by atoms with E-state index >= 15 is 0 Å². The number of hydrogen-bond donors (Lipinski definition) is 1. The maximum atomic E-state index is 13.7. The van der Waals surface area contributed by atoms with Crippen LogP contribution < -0.4 is 29.2 Å². The number of fused-ring (bicyclic) bond motifs is 1. The summed E-state index contributed by atoms with van der Waals surface area (Å²) in [4.78, 5) is 40.4. The van der Waals surface area contributed by atoms with Gasteiger partial charge in [0.15, 0.2) is 11.5 Å². The summed E-state index contributed by atoms with van der Waals surface area (Å²) in [6.07, 6.45) is 1.39. The van der Waals surface area contributed by atoms with Gasteiger partial charge < -0.3 is 18.9 Å². The summed E-state index contributed by atoms with van der Waals surface area (Å²) in [7, 11) is 1.50. The van der Waals surface area contributed by atoms with Crippen molar-refractivity contribution in [2.24, 2.45) is 0 Å². The highest BCUT2D eigenvalue weighted by molar-refractivity contribution is 9.10. The van der Waals surface area contributed by atoms with Gasteiger partial charge in [-0.3, -0.25) is 14.9 Å². The van der Waals surface area contributed by atoms with E-state index < -0.39 is 17.8 Å². The standard InChI is InChI=1S/C33H29BrN2O7/c1-4-41-23-13-14-28(42-5-2)27(17-23)36-32(38)25(31(37)35-33(36)39)15-22-16-29(40-3)30(18-26(22)34)43-19-21-11-8-10-20-9-6-7-12-24(20)21/h6-18H,4-5,19H2,1-3H3,(H,35,37,39)/b25-15+. The van der Waals surface area contributed by atoms with Crippen molar-refractivity contribution in [3.05, 3.63) is 94.0 Å². The highest BCUT2D eigenvalue weighted by Crippen LogP contribution is 2.38. The number of hydrogen-bond acceptors (Lipinski definition) is 7. The summed E-state index contributed by atoms with van der Waals surface area (Å²) >= 11 is 3.53. The van der Waals surface area contributed by atoms with Crippen LogP contribution in [-0.2, 0) is 16.2 Å². The third-order valence-corrected chi connectivity index (χ3v) is 7.42. The molecule has 0 aromatic heterocycles. The Hall–Kier alpha value is -4.83. The number of amides is 4. The van der Waals surface area contributed by atoms with E-state index in [1.807, 2.05) is 49.4 Å². The monoisotopic (exact) mass is 644 g/mol. The summed E-state index contributed by atoms with van der Waals surface area (Å²) in [5.74, 6) is -0.0446. The van der Waals surface area contributed by atoms with Crippen molar-refractivity contribution in [1.82, 2.24) is 5.32 Å². The van der Waals surface area contributed by atoms with Gasteiger partial charge >= 0.3 is 6.03 Å². The van der Waals surface area contributed by atoms with Crippen LogP contribution in [0, 0.1) is 0 Å². The van der Waals surface area contributed by atoms with E-state index in [0.29, 0.717) is 52.9 Å². The van der Waals surface area contributed by atoms with Gasteiger partial charge in [-0.15, -0.1) is 0 Å². The van der Waals surface area contributed by atoms with E-state index in [4.69, 9.17) is 18.9 Å². The van der Waals surface area contributed by atoms with E-state index in [1.54, 1.807) is 31.2 Å². The average molecular weight is 646 g/mol. The van der Waals surface area contributed by atoms with E-state index in [1.165, 1.54) is 19.3 Å². The second-order valence-electron chi connectivity index (χ2n) is 9.40. The molecule has 0 bridgehead atoms. The minimum atomic E-state index is -0.893. The topological polar surface area (TPSA) is 103 Å². The number of methoxy groups -OCH3 is 1. The van der Waals surface area contributed by atoms with Gasteiger partial charge in [0, 0.05) is 10.5 Å². The normalized spacial score (nSPS) is 14.2. The molecular weight excluding hydrogens is 616 g/mol. The molecule has 4 amide bonds. The second-order valence-corrected chi connectivity index (χ2v) is 10.3. The highest BCUT2D eigenvalue weighted by Gasteiger charge is 2.38. The molecule has 1 saturated heterocycles.